The van der Waals surface area contributed by atoms with Crippen molar-refractivity contribution >= 4 is 46.4 Å². The van der Waals surface area contributed by atoms with E-state index in [1.54, 1.807) is 0 Å². The first-order valence-electron chi connectivity index (χ1n) is 24.3. The molecule has 2 aliphatic rings. The van der Waals surface area contributed by atoms with Gasteiger partial charge in [0.2, 0.25) is 0 Å². The van der Waals surface area contributed by atoms with Gasteiger partial charge in [-0.3, -0.25) is 0 Å². The molecule has 348 valence electrons. The average Bonchev–Trinajstić information content (AvgIpc) is 3.93. The number of nitrogens with zero attached hydrogens (tertiary/aromatic N) is 5. The van der Waals surface area contributed by atoms with Gasteiger partial charge in [0.1, 0.15) is 0 Å². The molecule has 0 fully saturated rings. The molecule has 0 unspecified atom stereocenters. The molecule has 8 heteroatoms. The van der Waals surface area contributed by atoms with E-state index in [-0.39, 0.29) is 12.4 Å². The standard InChI is InChI=1S/C64H46BN5O.Pt/c1-64(2,3)48-40-46(44-21-6-4-7-22-44)39-47(41-48)52-30-19-29-51(45-23-8-5-9-24-45)63(52)68-43-67(57-33-14-15-34-58(57)68)49-25-18-26-50(42-49)71-62-38-20-37-61(66-62)70-60-36-17-16-35-59(60)69-56-32-13-11-28-54(56)53-27-10-12-31-55(53)65(69)70;/h4-35,37-41H,1-3H3;/q-2;. The molecule has 0 N–H and O–H groups in total. The van der Waals surface area contributed by atoms with Crippen LogP contribution in [-0.2, 0) is 24.8 Å². The number of fused-ring (bicyclic) bond motifs is 9. The number of benzene rings is 9. The summed E-state index contributed by atoms with van der Waals surface area (Å²) in [6, 6.07) is 86.8. The maximum absolute atomic E-state index is 6.73. The van der Waals surface area contributed by atoms with Crippen molar-refractivity contribution in [3.8, 4) is 67.5 Å². The van der Waals surface area contributed by atoms with E-state index in [1.807, 2.05) is 30.3 Å². The summed E-state index contributed by atoms with van der Waals surface area (Å²) in [5.41, 5.74) is 19.0. The van der Waals surface area contributed by atoms with E-state index in [0.717, 1.165) is 71.3 Å². The van der Waals surface area contributed by atoms with Gasteiger partial charge in [-0.05, 0) is 11.6 Å². The second-order valence-electron chi connectivity index (χ2n) is 19.3. The Morgan fingerprint density at radius 2 is 1.14 bits per heavy atom. The molecular formula is C64H46BN5OPt-2. The van der Waals surface area contributed by atoms with E-state index in [2.05, 4.69) is 265 Å². The van der Waals surface area contributed by atoms with Crippen molar-refractivity contribution in [2.45, 2.75) is 26.2 Å². The summed E-state index contributed by atoms with van der Waals surface area (Å²) >= 11 is 2.50. The molecular weight excluding hydrogens is 1060 g/mol. The molecule has 0 saturated heterocycles. The molecule has 6 nitrogen and oxygen atoms in total. The number of rotatable bonds is 8. The maximum atomic E-state index is 6.73. The molecule has 9 aromatic carbocycles. The normalized spacial score (nSPS) is 12.7. The third-order valence-corrected chi connectivity index (χ3v) is 14.9. The van der Waals surface area contributed by atoms with Crippen LogP contribution in [0.15, 0.2) is 224 Å². The molecule has 0 amide bonds. The number of imidazole rings is 1. The van der Waals surface area contributed by atoms with Crippen molar-refractivity contribution in [3.05, 3.63) is 246 Å². The Labute approximate surface area is 431 Å². The average molecular weight is 1110 g/mol. The first-order valence-corrected chi connectivity index (χ1v) is 25.5. The molecule has 0 bridgehead atoms. The summed E-state index contributed by atoms with van der Waals surface area (Å²) in [6.45, 7) is 6.71. The van der Waals surface area contributed by atoms with Gasteiger partial charge in [-0.2, -0.15) is 12.1 Å². The second-order valence-corrected chi connectivity index (χ2v) is 20.4. The minimum atomic E-state index is -0.167. The Balaban J connectivity index is 0.924. The zero-order chi connectivity index (χ0) is 48.5. The zero-order valence-corrected chi connectivity index (χ0v) is 42.2. The predicted octanol–water partition coefficient (Wildman–Crippen LogP) is 15.3. The Kier molecular flexibility index (Phi) is 10.7. The fraction of sp³-hybridized carbons (Fsp3) is 0.0625. The van der Waals surface area contributed by atoms with Crippen LogP contribution in [0.25, 0.3) is 66.9 Å². The van der Waals surface area contributed by atoms with Crippen LogP contribution < -0.4 is 19.8 Å². The van der Waals surface area contributed by atoms with E-state index in [9.17, 15) is 0 Å². The predicted molar refractivity (Wildman–Crippen MR) is 291 cm³/mol. The Morgan fingerprint density at radius 3 is 1.93 bits per heavy atom. The third-order valence-electron chi connectivity index (χ3n) is 13.9. The Bertz CT molecular complexity index is 3950. The van der Waals surface area contributed by atoms with Gasteiger partial charge < -0.3 is 0 Å². The molecule has 11 aromatic rings. The van der Waals surface area contributed by atoms with Crippen LogP contribution in [-0.4, -0.2) is 21.1 Å². The Hall–Kier alpha value is -8.25. The van der Waals surface area contributed by atoms with E-state index in [1.165, 1.54) is 33.3 Å². The molecule has 13 rings (SSSR count). The summed E-state index contributed by atoms with van der Waals surface area (Å²) in [4.78, 5) is 9.93. The van der Waals surface area contributed by atoms with Gasteiger partial charge in [0, 0.05) is 11.3 Å². The van der Waals surface area contributed by atoms with Crippen LogP contribution in [0.1, 0.15) is 26.3 Å². The molecule has 0 atom stereocenters. The molecule has 0 saturated carbocycles. The van der Waals surface area contributed by atoms with Crippen molar-refractivity contribution in [3.63, 3.8) is 0 Å². The summed E-state index contributed by atoms with van der Waals surface area (Å²) in [5, 5.41) is 0. The van der Waals surface area contributed by atoms with Gasteiger partial charge in [-0.25, -0.2) is 0 Å². The quantitative estimate of drug-likeness (QED) is 0.112. The van der Waals surface area contributed by atoms with Gasteiger partial charge in [-0.1, -0.05) is 42.5 Å². The summed E-state index contributed by atoms with van der Waals surface area (Å²) < 4.78 is 12.4. The van der Waals surface area contributed by atoms with Gasteiger partial charge in [0.25, 0.3) is 0 Å². The molecule has 0 aliphatic carbocycles. The molecule has 4 heterocycles. The van der Waals surface area contributed by atoms with Crippen LogP contribution in [0.3, 0.4) is 0 Å². The minimum absolute atomic E-state index is 0.0812. The monoisotopic (exact) mass is 1110 g/mol. The van der Waals surface area contributed by atoms with Gasteiger partial charge in [0.15, 0.2) is 0 Å². The SMILES string of the molecule is CC(C)(C)c1cc(-c2ccccc2)cc(-c2cccc(-c3ccccc3)c2-n2[c](=[Pt])n(-c3[c-]c(Oc4cccc(N5B6c7ccccc7-c7ccccc7N6c6ccc[c-]c65)n4)ccc3)c3ccccc32)c1. The van der Waals surface area contributed by atoms with Crippen LogP contribution >= 0.6 is 0 Å². The fourth-order valence-electron chi connectivity index (χ4n) is 10.6. The van der Waals surface area contributed by atoms with Crippen molar-refractivity contribution in [2.75, 3.05) is 9.62 Å². The topological polar surface area (TPSA) is 38.5 Å². The molecule has 0 radical (unpaired) electrons. The number of pyridine rings is 1. The molecule has 0 spiro atoms. The van der Waals surface area contributed by atoms with E-state index < -0.39 is 0 Å². The molecule has 2 aliphatic heterocycles. The van der Waals surface area contributed by atoms with Crippen molar-refractivity contribution in [1.82, 2.24) is 14.1 Å². The van der Waals surface area contributed by atoms with Crippen LogP contribution in [0.4, 0.5) is 22.9 Å². The zero-order valence-electron chi connectivity index (χ0n) is 39.9. The first kappa shape index (κ1) is 43.7. The van der Waals surface area contributed by atoms with E-state index >= 15 is 0 Å². The number of hydrogen-bond acceptors (Lipinski definition) is 4. The first-order chi connectivity index (χ1) is 35.3. The fourth-order valence-corrected chi connectivity index (χ4v) is 11.7. The molecule has 2 aromatic heterocycles. The summed E-state index contributed by atoms with van der Waals surface area (Å²) in [7, 11) is 0. The van der Waals surface area contributed by atoms with Gasteiger partial charge in [-0.15, -0.1) is 6.07 Å². The third kappa shape index (κ3) is 7.38. The number of hydrogen-bond donors (Lipinski definition) is 0. The van der Waals surface area contributed by atoms with Crippen LogP contribution in [0, 0.1) is 15.9 Å². The molecule has 72 heavy (non-hydrogen) atoms. The number of anilines is 4. The van der Waals surface area contributed by atoms with E-state index in [4.69, 9.17) is 9.72 Å². The number of para-hydroxylation sites is 5. The Morgan fingerprint density at radius 1 is 0.514 bits per heavy atom. The van der Waals surface area contributed by atoms with Crippen LogP contribution in [0.2, 0.25) is 0 Å². The van der Waals surface area contributed by atoms with E-state index in [0.29, 0.717) is 11.6 Å². The van der Waals surface area contributed by atoms with Gasteiger partial charge >= 0.3 is 350 Å². The number of aromatic nitrogens is 3. The van der Waals surface area contributed by atoms with Crippen molar-refractivity contribution in [2.24, 2.45) is 0 Å². The summed E-state index contributed by atoms with van der Waals surface area (Å²) in [5.74, 6) is 1.79. The second kappa shape index (κ2) is 17.6. The number of ether oxygens (including phenoxy) is 1. The van der Waals surface area contributed by atoms with Gasteiger partial charge in [0.05, 0.1) is 0 Å². The van der Waals surface area contributed by atoms with Crippen molar-refractivity contribution in [1.29, 1.82) is 0 Å². The van der Waals surface area contributed by atoms with Crippen molar-refractivity contribution < 1.29 is 24.1 Å². The van der Waals surface area contributed by atoms with Crippen LogP contribution in [0.5, 0.6) is 11.6 Å². The summed E-state index contributed by atoms with van der Waals surface area (Å²) in [6.07, 6.45) is 0.